The smallest absolute Gasteiger partial charge is 0.260 e. The van der Waals surface area contributed by atoms with Gasteiger partial charge in [0.05, 0.1) is 75.7 Å². The van der Waals surface area contributed by atoms with E-state index in [-0.39, 0.29) is 23.9 Å². The van der Waals surface area contributed by atoms with Crippen molar-refractivity contribution in [3.63, 3.8) is 0 Å². The van der Waals surface area contributed by atoms with E-state index >= 15 is 0 Å². The van der Waals surface area contributed by atoms with Gasteiger partial charge in [-0.25, -0.2) is 0 Å². The van der Waals surface area contributed by atoms with Crippen molar-refractivity contribution in [2.75, 3.05) is 54.7 Å². The van der Waals surface area contributed by atoms with Crippen LogP contribution in [0.2, 0.25) is 0 Å². The zero-order valence-corrected chi connectivity index (χ0v) is 33.6. The zero-order valence-electron chi connectivity index (χ0n) is 33.6. The summed E-state index contributed by atoms with van der Waals surface area (Å²) in [4.78, 5) is 40.6. The van der Waals surface area contributed by atoms with Crippen molar-refractivity contribution in [2.45, 2.75) is 37.8 Å². The first kappa shape index (κ1) is 39.2. The number of rotatable bonds is 16. The minimum atomic E-state index is -0.212. The second-order valence-electron chi connectivity index (χ2n) is 14.5. The molecule has 1 N–H and O–H groups in total. The summed E-state index contributed by atoms with van der Waals surface area (Å²) in [5.74, 6) is 3.10. The molecule has 0 saturated carbocycles. The maximum Gasteiger partial charge on any atom is 0.260 e. The second-order valence-corrected chi connectivity index (χ2v) is 14.5. The monoisotopic (exact) mass is 797 g/mol. The molecule has 13 heteroatoms. The highest BCUT2D eigenvalue weighted by molar-refractivity contribution is 6.06. The van der Waals surface area contributed by atoms with Gasteiger partial charge in [0.1, 0.15) is 11.5 Å². The molecule has 4 heterocycles. The molecular formula is C46H47N5O8. The van der Waals surface area contributed by atoms with Gasteiger partial charge >= 0.3 is 0 Å². The maximum absolute atomic E-state index is 13.9. The van der Waals surface area contributed by atoms with Crippen LogP contribution in [0.15, 0.2) is 95.2 Å². The van der Waals surface area contributed by atoms with Gasteiger partial charge in [-0.05, 0) is 78.7 Å². The molecule has 0 fully saturated rings. The number of hydrogen-bond donors (Lipinski definition) is 1. The Hall–Kier alpha value is -6.60. The summed E-state index contributed by atoms with van der Waals surface area (Å²) in [6, 6.07) is 22.2. The minimum absolute atomic E-state index is 0.156. The standard InChI is InChI=1S/C46H47N5O8/c1-47-15-5-16-57-36-13-9-30(10-14-36)32-20-34-26-49-40-24-44(42(56-4)22-38(40)46(53)51(34)28-32)59-18-6-17-58-43-23-39-37(21-41(43)55-3)45(52)50-27-31(19-33(50)25-48-39)29-7-11-35(54-2)12-8-29/h7-14,21-28,33-34,47H,5-6,15-20H2,1-4H3. The number of hydrogen-bond acceptors (Lipinski definition) is 11. The van der Waals surface area contributed by atoms with Gasteiger partial charge in [0.25, 0.3) is 11.8 Å². The first-order valence-electron chi connectivity index (χ1n) is 19.7. The summed E-state index contributed by atoms with van der Waals surface area (Å²) in [6.07, 6.45) is 10.2. The van der Waals surface area contributed by atoms with Crippen molar-refractivity contribution in [3.05, 3.63) is 107 Å². The van der Waals surface area contributed by atoms with E-state index in [2.05, 4.69) is 5.32 Å². The Balaban J connectivity index is 0.881. The van der Waals surface area contributed by atoms with Crippen molar-refractivity contribution in [1.82, 2.24) is 15.1 Å². The van der Waals surface area contributed by atoms with Crippen LogP contribution in [0.4, 0.5) is 11.4 Å². The highest BCUT2D eigenvalue weighted by Gasteiger charge is 2.35. The Morgan fingerprint density at radius 3 is 1.53 bits per heavy atom. The highest BCUT2D eigenvalue weighted by Crippen LogP contribution is 2.42. The summed E-state index contributed by atoms with van der Waals surface area (Å²) in [5.41, 5.74) is 6.07. The molecule has 4 aliphatic heterocycles. The van der Waals surface area contributed by atoms with E-state index in [1.807, 2.05) is 80.4 Å². The normalized spacial score (nSPS) is 17.6. The fraction of sp³-hybridized carbons (Fsp3) is 0.304. The predicted molar refractivity (Wildman–Crippen MR) is 226 cm³/mol. The minimum Gasteiger partial charge on any atom is -0.497 e. The summed E-state index contributed by atoms with van der Waals surface area (Å²) in [6.45, 7) is 2.15. The molecule has 4 aromatic carbocycles. The van der Waals surface area contributed by atoms with Crippen molar-refractivity contribution >= 4 is 46.8 Å². The van der Waals surface area contributed by atoms with Crippen LogP contribution in [0.5, 0.6) is 34.5 Å². The molecule has 0 radical (unpaired) electrons. The number of nitrogens with zero attached hydrogens (tertiary/aromatic N) is 4. The van der Waals surface area contributed by atoms with Gasteiger partial charge in [0.15, 0.2) is 23.0 Å². The number of benzene rings is 4. The molecule has 0 bridgehead atoms. The molecule has 0 aliphatic carbocycles. The summed E-state index contributed by atoms with van der Waals surface area (Å²) in [7, 11) is 6.65. The van der Waals surface area contributed by atoms with Crippen LogP contribution in [0.3, 0.4) is 0 Å². The lowest BCUT2D eigenvalue weighted by Gasteiger charge is -2.19. The van der Waals surface area contributed by atoms with Crippen LogP contribution < -0.4 is 33.7 Å². The van der Waals surface area contributed by atoms with Crippen molar-refractivity contribution in [1.29, 1.82) is 0 Å². The van der Waals surface area contributed by atoms with E-state index in [9.17, 15) is 9.59 Å². The van der Waals surface area contributed by atoms with Gasteiger partial charge in [-0.3, -0.25) is 19.6 Å². The van der Waals surface area contributed by atoms with Crippen molar-refractivity contribution in [3.8, 4) is 34.5 Å². The van der Waals surface area contributed by atoms with E-state index in [1.165, 1.54) is 0 Å². The van der Waals surface area contributed by atoms with E-state index in [1.54, 1.807) is 55.4 Å². The second kappa shape index (κ2) is 17.5. The van der Waals surface area contributed by atoms with Gasteiger partial charge in [0.2, 0.25) is 0 Å². The molecule has 0 aromatic heterocycles. The molecule has 304 valence electrons. The Kier molecular flexibility index (Phi) is 11.6. The first-order chi connectivity index (χ1) is 28.9. The first-order valence-corrected chi connectivity index (χ1v) is 19.7. The maximum atomic E-state index is 13.9. The van der Waals surface area contributed by atoms with Gasteiger partial charge in [0, 0.05) is 56.2 Å². The fourth-order valence-electron chi connectivity index (χ4n) is 7.57. The van der Waals surface area contributed by atoms with Gasteiger partial charge < -0.3 is 43.5 Å². The zero-order chi connectivity index (χ0) is 40.9. The third kappa shape index (κ3) is 8.24. The molecule has 59 heavy (non-hydrogen) atoms. The molecule has 2 amide bonds. The molecule has 13 nitrogen and oxygen atoms in total. The average molecular weight is 798 g/mol. The summed E-state index contributed by atoms with van der Waals surface area (Å²) < 4.78 is 34.7. The van der Waals surface area contributed by atoms with Crippen LogP contribution in [0.1, 0.15) is 57.5 Å². The number of nitrogens with one attached hydrogen (secondary N) is 1. The van der Waals surface area contributed by atoms with E-state index in [0.29, 0.717) is 84.6 Å². The van der Waals surface area contributed by atoms with Crippen LogP contribution in [-0.4, -0.2) is 101 Å². The lowest BCUT2D eigenvalue weighted by molar-refractivity contribution is 0.0809. The van der Waals surface area contributed by atoms with Crippen LogP contribution in [0, 0.1) is 0 Å². The molecule has 4 aliphatic rings. The Bertz CT molecular complexity index is 2340. The number of amides is 2. The molecule has 0 saturated heterocycles. The van der Waals surface area contributed by atoms with E-state index in [0.717, 1.165) is 46.7 Å². The van der Waals surface area contributed by atoms with Gasteiger partial charge in [-0.1, -0.05) is 24.3 Å². The third-order valence-corrected chi connectivity index (χ3v) is 10.8. The molecular weight excluding hydrogens is 751 g/mol. The lowest BCUT2D eigenvalue weighted by atomic mass is 10.0. The van der Waals surface area contributed by atoms with E-state index in [4.69, 9.17) is 38.4 Å². The number of aliphatic imine (C=N–C) groups is 2. The highest BCUT2D eigenvalue weighted by atomic mass is 16.5. The number of carbonyl (C=O) groups is 2. The Labute approximate surface area is 343 Å². The SMILES string of the molecule is CNCCCOc1ccc(C2=CN3C(=O)c4cc(OC)c(OCCCOc5cc6c(cc5OC)C(=O)N5C=C(c7ccc(OC)cc7)CC5C=N6)cc4N=CC3C2)cc1. The quantitative estimate of drug-likeness (QED) is 0.115. The molecule has 2 unspecified atom stereocenters. The molecule has 2 atom stereocenters. The lowest BCUT2D eigenvalue weighted by Crippen LogP contribution is -2.32. The van der Waals surface area contributed by atoms with Crippen LogP contribution in [0.25, 0.3) is 11.1 Å². The average Bonchev–Trinajstić information content (AvgIpc) is 3.85. The largest absolute Gasteiger partial charge is 0.497 e. The van der Waals surface area contributed by atoms with Crippen LogP contribution in [-0.2, 0) is 0 Å². The fourth-order valence-corrected chi connectivity index (χ4v) is 7.57. The number of ether oxygens (including phenoxy) is 6. The van der Waals surface area contributed by atoms with Gasteiger partial charge in [-0.15, -0.1) is 0 Å². The van der Waals surface area contributed by atoms with Crippen molar-refractivity contribution < 1.29 is 38.0 Å². The summed E-state index contributed by atoms with van der Waals surface area (Å²) in [5, 5.41) is 3.12. The Morgan fingerprint density at radius 2 is 1.07 bits per heavy atom. The summed E-state index contributed by atoms with van der Waals surface area (Å²) >= 11 is 0. The van der Waals surface area contributed by atoms with Gasteiger partial charge in [-0.2, -0.15) is 0 Å². The number of carbonyl (C=O) groups excluding carboxylic acids is 2. The molecule has 8 rings (SSSR count). The topological polar surface area (TPSA) is 133 Å². The number of fused-ring (bicyclic) bond motifs is 4. The number of methoxy groups -OCH3 is 3. The predicted octanol–water partition coefficient (Wildman–Crippen LogP) is 7.49. The third-order valence-electron chi connectivity index (χ3n) is 10.8. The Morgan fingerprint density at radius 1 is 0.593 bits per heavy atom. The molecule has 0 spiro atoms. The van der Waals surface area contributed by atoms with E-state index < -0.39 is 0 Å². The molecule has 4 aromatic rings. The van der Waals surface area contributed by atoms with Crippen LogP contribution >= 0.6 is 0 Å². The van der Waals surface area contributed by atoms with Crippen molar-refractivity contribution in [2.24, 2.45) is 9.98 Å².